The number of hydrogen-bond acceptors (Lipinski definition) is 3. The van der Waals surface area contributed by atoms with Crippen LogP contribution in [0.3, 0.4) is 0 Å². The van der Waals surface area contributed by atoms with Crippen molar-refractivity contribution in [1.82, 2.24) is 9.80 Å². The van der Waals surface area contributed by atoms with Crippen molar-refractivity contribution >= 4 is 5.91 Å². The summed E-state index contributed by atoms with van der Waals surface area (Å²) in [5.74, 6) is 0.251. The van der Waals surface area contributed by atoms with E-state index in [0.717, 1.165) is 57.8 Å². The van der Waals surface area contributed by atoms with Crippen LogP contribution in [0, 0.1) is 5.41 Å². The fourth-order valence-electron chi connectivity index (χ4n) is 4.02. The lowest BCUT2D eigenvalue weighted by Gasteiger charge is -2.44. The van der Waals surface area contributed by atoms with Crippen molar-refractivity contribution in [1.29, 1.82) is 0 Å². The zero-order valence-corrected chi connectivity index (χ0v) is 15.0. The average molecular weight is 330 g/mol. The van der Waals surface area contributed by atoms with E-state index in [4.69, 9.17) is 4.74 Å². The highest BCUT2D eigenvalue weighted by Crippen LogP contribution is 2.33. The van der Waals surface area contributed by atoms with E-state index in [0.29, 0.717) is 12.5 Å². The Balaban J connectivity index is 1.67. The zero-order chi connectivity index (χ0) is 17.0. The summed E-state index contributed by atoms with van der Waals surface area (Å²) in [6.45, 7) is 9.84. The van der Waals surface area contributed by atoms with Crippen LogP contribution in [0.2, 0.25) is 0 Å². The molecule has 2 aliphatic rings. The Hall–Kier alpha value is -1.39. The molecule has 24 heavy (non-hydrogen) atoms. The molecule has 0 aliphatic carbocycles. The van der Waals surface area contributed by atoms with E-state index in [1.54, 1.807) is 0 Å². The number of rotatable bonds is 3. The fraction of sp³-hybridized carbons (Fsp3) is 0.650. The third-order valence-corrected chi connectivity index (χ3v) is 5.41. The normalized spacial score (nSPS) is 25.9. The van der Waals surface area contributed by atoms with Crippen LogP contribution < -0.4 is 0 Å². The van der Waals surface area contributed by atoms with Crippen LogP contribution in [0.4, 0.5) is 0 Å². The molecule has 2 heterocycles. The number of likely N-dealkylation sites (tertiary alicyclic amines) is 1. The standard InChI is InChI=1S/C20H30N2O2/c1-17(2)21-11-12-24-16-20(14-21)9-6-10-22(15-20)19(23)13-18-7-4-3-5-8-18/h3-5,7-8,17H,6,9-16H2,1-2H3/t20-/m1/s1. The van der Waals surface area contributed by atoms with Crippen molar-refractivity contribution in [3.63, 3.8) is 0 Å². The van der Waals surface area contributed by atoms with Gasteiger partial charge in [-0.05, 0) is 32.3 Å². The minimum Gasteiger partial charge on any atom is -0.379 e. The molecule has 1 atom stereocenters. The lowest BCUT2D eigenvalue weighted by molar-refractivity contribution is -0.135. The van der Waals surface area contributed by atoms with Crippen molar-refractivity contribution < 1.29 is 9.53 Å². The largest absolute Gasteiger partial charge is 0.379 e. The topological polar surface area (TPSA) is 32.8 Å². The smallest absolute Gasteiger partial charge is 0.227 e. The molecule has 2 fully saturated rings. The Kier molecular flexibility index (Phi) is 5.57. The van der Waals surface area contributed by atoms with E-state index in [1.807, 2.05) is 30.3 Å². The van der Waals surface area contributed by atoms with Gasteiger partial charge in [0.05, 0.1) is 19.6 Å². The molecule has 132 valence electrons. The summed E-state index contributed by atoms with van der Waals surface area (Å²) in [5.41, 5.74) is 1.20. The molecule has 2 saturated heterocycles. The van der Waals surface area contributed by atoms with Gasteiger partial charge in [-0.1, -0.05) is 30.3 Å². The molecule has 0 radical (unpaired) electrons. The van der Waals surface area contributed by atoms with Crippen LogP contribution in [0.15, 0.2) is 30.3 Å². The van der Waals surface area contributed by atoms with Crippen molar-refractivity contribution in [3.05, 3.63) is 35.9 Å². The SMILES string of the molecule is CC(C)N1CCOC[C@]2(CCCN(C(=O)Cc3ccccc3)C2)C1. The van der Waals surface area contributed by atoms with Gasteiger partial charge in [0.1, 0.15) is 0 Å². The maximum Gasteiger partial charge on any atom is 0.227 e. The molecule has 4 nitrogen and oxygen atoms in total. The maximum atomic E-state index is 12.8. The lowest BCUT2D eigenvalue weighted by Crippen LogP contribution is -2.53. The van der Waals surface area contributed by atoms with Gasteiger partial charge in [0.15, 0.2) is 0 Å². The number of nitrogens with zero attached hydrogens (tertiary/aromatic N) is 2. The highest BCUT2D eigenvalue weighted by molar-refractivity contribution is 5.78. The Morgan fingerprint density at radius 2 is 2.00 bits per heavy atom. The molecule has 0 N–H and O–H groups in total. The number of ether oxygens (including phenoxy) is 1. The van der Waals surface area contributed by atoms with E-state index in [-0.39, 0.29) is 11.3 Å². The summed E-state index contributed by atoms with van der Waals surface area (Å²) in [5, 5.41) is 0. The first-order chi connectivity index (χ1) is 11.6. The molecule has 4 heteroatoms. The number of carbonyl (C=O) groups excluding carboxylic acids is 1. The van der Waals surface area contributed by atoms with Gasteiger partial charge in [-0.15, -0.1) is 0 Å². The van der Waals surface area contributed by atoms with Gasteiger partial charge in [-0.25, -0.2) is 0 Å². The summed E-state index contributed by atoms with van der Waals surface area (Å²) in [6.07, 6.45) is 2.74. The Bertz CT molecular complexity index is 546. The van der Waals surface area contributed by atoms with Crippen molar-refractivity contribution in [2.24, 2.45) is 5.41 Å². The second-order valence-corrected chi connectivity index (χ2v) is 7.70. The number of hydrogen-bond donors (Lipinski definition) is 0. The van der Waals surface area contributed by atoms with E-state index in [9.17, 15) is 4.79 Å². The lowest BCUT2D eigenvalue weighted by atomic mass is 9.79. The minimum absolute atomic E-state index is 0.103. The van der Waals surface area contributed by atoms with Gasteiger partial charge in [-0.2, -0.15) is 0 Å². The minimum atomic E-state index is 0.103. The summed E-state index contributed by atoms with van der Waals surface area (Å²) in [7, 11) is 0. The Morgan fingerprint density at radius 3 is 2.75 bits per heavy atom. The molecule has 3 rings (SSSR count). The quantitative estimate of drug-likeness (QED) is 0.854. The number of carbonyl (C=O) groups is 1. The van der Waals surface area contributed by atoms with Gasteiger partial charge in [0.25, 0.3) is 0 Å². The molecular formula is C20H30N2O2. The van der Waals surface area contributed by atoms with E-state index < -0.39 is 0 Å². The van der Waals surface area contributed by atoms with Crippen molar-refractivity contribution in [2.75, 3.05) is 39.4 Å². The molecule has 1 aromatic rings. The van der Waals surface area contributed by atoms with Crippen molar-refractivity contribution in [2.45, 2.75) is 39.2 Å². The molecular weight excluding hydrogens is 300 g/mol. The summed E-state index contributed by atoms with van der Waals surface area (Å²) in [4.78, 5) is 17.4. The maximum absolute atomic E-state index is 12.8. The summed E-state index contributed by atoms with van der Waals surface area (Å²) >= 11 is 0. The van der Waals surface area contributed by atoms with Crippen LogP contribution in [0.25, 0.3) is 0 Å². The second kappa shape index (κ2) is 7.66. The Labute approximate surface area is 145 Å². The molecule has 0 bridgehead atoms. The predicted octanol–water partition coefficient (Wildman–Crippen LogP) is 2.58. The summed E-state index contributed by atoms with van der Waals surface area (Å²) < 4.78 is 5.93. The van der Waals surface area contributed by atoms with E-state index in [1.165, 1.54) is 0 Å². The molecule has 0 saturated carbocycles. The molecule has 0 aromatic heterocycles. The highest BCUT2D eigenvalue weighted by atomic mass is 16.5. The second-order valence-electron chi connectivity index (χ2n) is 7.70. The van der Waals surface area contributed by atoms with Gasteiger partial charge >= 0.3 is 0 Å². The van der Waals surface area contributed by atoms with E-state index >= 15 is 0 Å². The predicted molar refractivity (Wildman–Crippen MR) is 95.9 cm³/mol. The molecule has 1 spiro atoms. The molecule has 2 aliphatic heterocycles. The highest BCUT2D eigenvalue weighted by Gasteiger charge is 2.40. The van der Waals surface area contributed by atoms with Crippen molar-refractivity contribution in [3.8, 4) is 0 Å². The van der Waals surface area contributed by atoms with Gasteiger partial charge in [0, 0.05) is 37.6 Å². The number of benzene rings is 1. The third-order valence-electron chi connectivity index (χ3n) is 5.41. The van der Waals surface area contributed by atoms with Gasteiger partial charge in [0.2, 0.25) is 5.91 Å². The molecule has 1 aromatic carbocycles. The summed E-state index contributed by atoms with van der Waals surface area (Å²) in [6, 6.07) is 10.6. The zero-order valence-electron chi connectivity index (χ0n) is 15.0. The first kappa shape index (κ1) is 17.4. The van der Waals surface area contributed by atoms with Crippen LogP contribution in [-0.4, -0.2) is 61.1 Å². The van der Waals surface area contributed by atoms with Crippen LogP contribution >= 0.6 is 0 Å². The van der Waals surface area contributed by atoms with E-state index in [2.05, 4.69) is 23.6 Å². The Morgan fingerprint density at radius 1 is 1.21 bits per heavy atom. The monoisotopic (exact) mass is 330 g/mol. The third kappa shape index (κ3) is 4.17. The van der Waals surface area contributed by atoms with Gasteiger partial charge in [-0.3, -0.25) is 9.69 Å². The molecule has 0 unspecified atom stereocenters. The first-order valence-electron chi connectivity index (χ1n) is 9.21. The average Bonchev–Trinajstić information content (AvgIpc) is 2.79. The number of amides is 1. The fourth-order valence-corrected chi connectivity index (χ4v) is 4.02. The number of piperidine rings is 1. The van der Waals surface area contributed by atoms with Crippen LogP contribution in [-0.2, 0) is 16.0 Å². The van der Waals surface area contributed by atoms with Gasteiger partial charge < -0.3 is 9.64 Å². The first-order valence-corrected chi connectivity index (χ1v) is 9.21. The van der Waals surface area contributed by atoms with Crippen LogP contribution in [0.1, 0.15) is 32.3 Å². The van der Waals surface area contributed by atoms with Crippen LogP contribution in [0.5, 0.6) is 0 Å². The molecule has 1 amide bonds.